The molecule has 2 rings (SSSR count). The first-order valence-corrected chi connectivity index (χ1v) is 10.7. The van der Waals surface area contributed by atoms with Crippen LogP contribution in [0.3, 0.4) is 0 Å². The quantitative estimate of drug-likeness (QED) is 0.625. The number of sulfonamides is 1. The van der Waals surface area contributed by atoms with Gasteiger partial charge in [0.05, 0.1) is 17.5 Å². The molecule has 0 fully saturated rings. The van der Waals surface area contributed by atoms with Gasteiger partial charge in [-0.1, -0.05) is 42.5 Å². The fraction of sp³-hybridized carbons (Fsp3) is 0.300. The van der Waals surface area contributed by atoms with Crippen molar-refractivity contribution < 1.29 is 22.7 Å². The molecule has 0 saturated carbocycles. The van der Waals surface area contributed by atoms with Gasteiger partial charge in [0.1, 0.15) is 0 Å². The molecule has 150 valence electrons. The van der Waals surface area contributed by atoms with E-state index < -0.39 is 28.5 Å². The van der Waals surface area contributed by atoms with E-state index >= 15 is 0 Å². The van der Waals surface area contributed by atoms with Crippen molar-refractivity contribution in [1.82, 2.24) is 5.32 Å². The van der Waals surface area contributed by atoms with Crippen molar-refractivity contribution >= 4 is 27.6 Å². The highest BCUT2D eigenvalue weighted by Gasteiger charge is 2.17. The molecular formula is C20H24N2O5S. The number of esters is 1. The second-order valence-corrected chi connectivity index (χ2v) is 8.24. The van der Waals surface area contributed by atoms with E-state index in [9.17, 15) is 18.0 Å². The first-order chi connectivity index (χ1) is 13.2. The molecule has 1 amide bonds. The van der Waals surface area contributed by atoms with Gasteiger partial charge in [-0.3, -0.25) is 9.52 Å². The SMILES string of the molecule is C[C@@H](CCc1ccccc1)NC(=O)COC(=O)c1ccccc1NS(C)(=O)=O. The van der Waals surface area contributed by atoms with Gasteiger partial charge >= 0.3 is 5.97 Å². The van der Waals surface area contributed by atoms with Crippen molar-refractivity contribution in [2.45, 2.75) is 25.8 Å². The number of anilines is 1. The third kappa shape index (κ3) is 7.40. The third-order valence-electron chi connectivity index (χ3n) is 3.89. The summed E-state index contributed by atoms with van der Waals surface area (Å²) < 4.78 is 30.1. The number of benzene rings is 2. The Balaban J connectivity index is 1.83. The molecule has 2 N–H and O–H groups in total. The average Bonchev–Trinajstić information content (AvgIpc) is 2.64. The zero-order valence-electron chi connectivity index (χ0n) is 15.8. The number of rotatable bonds is 9. The summed E-state index contributed by atoms with van der Waals surface area (Å²) in [6.45, 7) is 1.44. The molecule has 0 spiro atoms. The number of aryl methyl sites for hydroxylation is 1. The van der Waals surface area contributed by atoms with Crippen LogP contribution in [0.1, 0.15) is 29.3 Å². The summed E-state index contributed by atoms with van der Waals surface area (Å²) >= 11 is 0. The molecule has 0 aliphatic carbocycles. The lowest BCUT2D eigenvalue weighted by atomic mass is 10.1. The van der Waals surface area contributed by atoms with Gasteiger partial charge in [-0.05, 0) is 37.5 Å². The van der Waals surface area contributed by atoms with E-state index in [-0.39, 0.29) is 17.3 Å². The lowest BCUT2D eigenvalue weighted by molar-refractivity contribution is -0.124. The van der Waals surface area contributed by atoms with E-state index in [0.29, 0.717) is 0 Å². The first-order valence-electron chi connectivity index (χ1n) is 8.82. The maximum atomic E-state index is 12.2. The maximum absolute atomic E-state index is 12.2. The lowest BCUT2D eigenvalue weighted by Gasteiger charge is -2.14. The number of carbonyl (C=O) groups excluding carboxylic acids is 2. The molecule has 2 aromatic rings. The van der Waals surface area contributed by atoms with Crippen LogP contribution in [0.2, 0.25) is 0 Å². The summed E-state index contributed by atoms with van der Waals surface area (Å²) in [5.41, 5.74) is 1.33. The summed E-state index contributed by atoms with van der Waals surface area (Å²) in [4.78, 5) is 24.2. The minimum Gasteiger partial charge on any atom is -0.452 e. The smallest absolute Gasteiger partial charge is 0.340 e. The first kappa shape index (κ1) is 21.4. The molecule has 0 radical (unpaired) electrons. The molecule has 0 aliphatic heterocycles. The maximum Gasteiger partial charge on any atom is 0.340 e. The number of hydrogen-bond acceptors (Lipinski definition) is 5. The van der Waals surface area contributed by atoms with Gasteiger partial charge in [0.15, 0.2) is 6.61 Å². The number of amides is 1. The number of ether oxygens (including phenoxy) is 1. The number of carbonyl (C=O) groups is 2. The lowest BCUT2D eigenvalue weighted by Crippen LogP contribution is -2.36. The number of hydrogen-bond donors (Lipinski definition) is 2. The van der Waals surface area contributed by atoms with Crippen molar-refractivity contribution in [2.24, 2.45) is 0 Å². The van der Waals surface area contributed by atoms with Crippen LogP contribution in [0.25, 0.3) is 0 Å². The Kier molecular flexibility index (Phi) is 7.57. The molecule has 8 heteroatoms. The molecule has 0 aromatic heterocycles. The third-order valence-corrected chi connectivity index (χ3v) is 4.48. The van der Waals surface area contributed by atoms with Crippen molar-refractivity contribution in [2.75, 3.05) is 17.6 Å². The summed E-state index contributed by atoms with van der Waals surface area (Å²) in [6, 6.07) is 15.9. The Bertz CT molecular complexity index is 913. The highest BCUT2D eigenvalue weighted by molar-refractivity contribution is 7.92. The Morgan fingerprint density at radius 2 is 1.68 bits per heavy atom. The van der Waals surface area contributed by atoms with Crippen LogP contribution in [-0.2, 0) is 26.0 Å². The van der Waals surface area contributed by atoms with Gasteiger partial charge in [-0.2, -0.15) is 0 Å². The van der Waals surface area contributed by atoms with Crippen molar-refractivity contribution in [3.05, 3.63) is 65.7 Å². The highest BCUT2D eigenvalue weighted by atomic mass is 32.2. The molecule has 1 atom stereocenters. The molecule has 2 aromatic carbocycles. The fourth-order valence-electron chi connectivity index (χ4n) is 2.58. The Labute approximate surface area is 165 Å². The summed E-state index contributed by atoms with van der Waals surface area (Å²) in [5, 5.41) is 2.78. The van der Waals surface area contributed by atoms with Gasteiger partial charge in [-0.25, -0.2) is 13.2 Å². The van der Waals surface area contributed by atoms with Crippen LogP contribution in [0, 0.1) is 0 Å². The standard InChI is InChI=1S/C20H24N2O5S/c1-15(12-13-16-8-4-3-5-9-16)21-19(23)14-27-20(24)17-10-6-7-11-18(17)22-28(2,25)26/h3-11,15,22H,12-14H2,1-2H3,(H,21,23)/t15-/m0/s1. The second-order valence-electron chi connectivity index (χ2n) is 6.49. The minimum absolute atomic E-state index is 0.0397. The van der Waals surface area contributed by atoms with E-state index in [2.05, 4.69) is 10.0 Å². The Morgan fingerprint density at radius 1 is 1.04 bits per heavy atom. The van der Waals surface area contributed by atoms with Crippen molar-refractivity contribution in [1.29, 1.82) is 0 Å². The predicted molar refractivity (Wildman–Crippen MR) is 108 cm³/mol. The average molecular weight is 404 g/mol. The van der Waals surface area contributed by atoms with E-state index in [1.54, 1.807) is 12.1 Å². The van der Waals surface area contributed by atoms with Crippen LogP contribution in [0.5, 0.6) is 0 Å². The van der Waals surface area contributed by atoms with Crippen molar-refractivity contribution in [3.63, 3.8) is 0 Å². The van der Waals surface area contributed by atoms with Crippen LogP contribution in [0.15, 0.2) is 54.6 Å². The van der Waals surface area contributed by atoms with E-state index in [1.165, 1.54) is 17.7 Å². The molecule has 7 nitrogen and oxygen atoms in total. The van der Waals surface area contributed by atoms with Crippen molar-refractivity contribution in [3.8, 4) is 0 Å². The van der Waals surface area contributed by atoms with E-state index in [1.807, 2.05) is 37.3 Å². The fourth-order valence-corrected chi connectivity index (χ4v) is 3.15. The van der Waals surface area contributed by atoms with Crippen LogP contribution in [0.4, 0.5) is 5.69 Å². The molecule has 28 heavy (non-hydrogen) atoms. The predicted octanol–water partition coefficient (Wildman–Crippen LogP) is 2.35. The topological polar surface area (TPSA) is 102 Å². The Morgan fingerprint density at radius 3 is 2.36 bits per heavy atom. The van der Waals surface area contributed by atoms with Gasteiger partial charge in [0.25, 0.3) is 5.91 Å². The summed E-state index contributed by atoms with van der Waals surface area (Å²) in [7, 11) is -3.55. The van der Waals surface area contributed by atoms with Gasteiger partial charge in [-0.15, -0.1) is 0 Å². The molecule has 0 unspecified atom stereocenters. The highest BCUT2D eigenvalue weighted by Crippen LogP contribution is 2.17. The Hall–Kier alpha value is -2.87. The zero-order chi connectivity index (χ0) is 20.6. The van der Waals surface area contributed by atoms with Crippen LogP contribution in [-0.4, -0.2) is 39.2 Å². The molecule has 0 bridgehead atoms. The van der Waals surface area contributed by atoms with E-state index in [0.717, 1.165) is 19.1 Å². The van der Waals surface area contributed by atoms with E-state index in [4.69, 9.17) is 4.74 Å². The molecule has 0 aliphatic rings. The summed E-state index contributed by atoms with van der Waals surface area (Å²) in [6.07, 6.45) is 2.57. The molecular weight excluding hydrogens is 380 g/mol. The van der Waals surface area contributed by atoms with Gasteiger partial charge in [0.2, 0.25) is 10.0 Å². The monoisotopic (exact) mass is 404 g/mol. The molecule has 0 heterocycles. The molecule has 0 saturated heterocycles. The van der Waals surface area contributed by atoms with Crippen LogP contribution < -0.4 is 10.0 Å². The number of nitrogens with one attached hydrogen (secondary N) is 2. The summed E-state index contributed by atoms with van der Waals surface area (Å²) in [5.74, 6) is -1.19. The minimum atomic E-state index is -3.55. The van der Waals surface area contributed by atoms with Crippen LogP contribution >= 0.6 is 0 Å². The normalized spacial score (nSPS) is 12.1. The van der Waals surface area contributed by atoms with Gasteiger partial charge < -0.3 is 10.1 Å². The van der Waals surface area contributed by atoms with Gasteiger partial charge in [0, 0.05) is 6.04 Å². The zero-order valence-corrected chi connectivity index (χ0v) is 16.7. The largest absolute Gasteiger partial charge is 0.452 e. The number of para-hydroxylation sites is 1. The second kappa shape index (κ2) is 9.89.